The van der Waals surface area contributed by atoms with Gasteiger partial charge in [0, 0.05) is 26.0 Å². The summed E-state index contributed by atoms with van der Waals surface area (Å²) in [5, 5.41) is 0. The number of esters is 1. The third kappa shape index (κ3) is 5.05. The van der Waals surface area contributed by atoms with E-state index in [4.69, 9.17) is 4.74 Å². The fourth-order valence-electron chi connectivity index (χ4n) is 2.46. The van der Waals surface area contributed by atoms with Crippen molar-refractivity contribution >= 4 is 23.6 Å². The highest BCUT2D eigenvalue weighted by molar-refractivity contribution is 5.91. The van der Waals surface area contributed by atoms with E-state index in [0.29, 0.717) is 11.3 Å². The maximum Gasteiger partial charge on any atom is 0.343 e. The molecule has 0 unspecified atom stereocenters. The maximum absolute atomic E-state index is 12.1. The van der Waals surface area contributed by atoms with E-state index in [1.807, 2.05) is 74.4 Å². The molecule has 0 saturated heterocycles. The molecule has 0 amide bonds. The zero-order valence-electron chi connectivity index (χ0n) is 15.7. The van der Waals surface area contributed by atoms with Crippen molar-refractivity contribution in [2.45, 2.75) is 6.92 Å². The Labute approximate surface area is 159 Å². The highest BCUT2D eigenvalue weighted by atomic mass is 16.5. The van der Waals surface area contributed by atoms with Gasteiger partial charge in [0.25, 0.3) is 0 Å². The molecule has 0 heterocycles. The molecular weight excluding hydrogens is 336 g/mol. The molecule has 0 bridgehead atoms. The largest absolute Gasteiger partial charge is 0.423 e. The van der Waals surface area contributed by atoms with Crippen LogP contribution in [0.3, 0.4) is 0 Å². The monoisotopic (exact) mass is 358 g/mol. The van der Waals surface area contributed by atoms with Crippen LogP contribution < -0.4 is 9.64 Å². The van der Waals surface area contributed by atoms with Crippen molar-refractivity contribution in [3.05, 3.63) is 89.5 Å². The Morgan fingerprint density at radius 3 is 2.11 bits per heavy atom. The van der Waals surface area contributed by atoms with Gasteiger partial charge in [0.15, 0.2) is 0 Å². The summed E-state index contributed by atoms with van der Waals surface area (Å²) in [6.45, 7) is 1.98. The van der Waals surface area contributed by atoms with Crippen molar-refractivity contribution in [1.29, 1.82) is 0 Å². The van der Waals surface area contributed by atoms with E-state index < -0.39 is 0 Å². The summed E-state index contributed by atoms with van der Waals surface area (Å²) in [5.74, 6) is 0.144. The van der Waals surface area contributed by atoms with Gasteiger partial charge >= 0.3 is 5.97 Å². The van der Waals surface area contributed by atoms with Crippen LogP contribution in [0.1, 0.15) is 21.5 Å². The first-order valence-corrected chi connectivity index (χ1v) is 8.71. The van der Waals surface area contributed by atoms with E-state index >= 15 is 0 Å². The van der Waals surface area contributed by atoms with Crippen molar-refractivity contribution in [2.24, 2.45) is 4.99 Å². The molecule has 3 rings (SSSR count). The van der Waals surface area contributed by atoms with Gasteiger partial charge in [-0.25, -0.2) is 4.79 Å². The lowest BCUT2D eigenvalue weighted by Gasteiger charge is -2.11. The normalized spacial score (nSPS) is 10.8. The second kappa shape index (κ2) is 8.32. The van der Waals surface area contributed by atoms with Crippen molar-refractivity contribution < 1.29 is 9.53 Å². The molecule has 0 saturated carbocycles. The quantitative estimate of drug-likeness (QED) is 0.365. The third-order valence-corrected chi connectivity index (χ3v) is 4.11. The Bertz CT molecular complexity index is 926. The number of ether oxygens (including phenoxy) is 1. The molecule has 0 aliphatic rings. The van der Waals surface area contributed by atoms with E-state index in [1.165, 1.54) is 0 Å². The molecule has 136 valence electrons. The number of aryl methyl sites for hydroxylation is 1. The van der Waals surface area contributed by atoms with Gasteiger partial charge in [0.05, 0.1) is 11.3 Å². The van der Waals surface area contributed by atoms with Crippen LogP contribution in [0.25, 0.3) is 0 Å². The van der Waals surface area contributed by atoms with E-state index in [9.17, 15) is 4.79 Å². The minimum Gasteiger partial charge on any atom is -0.423 e. The van der Waals surface area contributed by atoms with E-state index in [-0.39, 0.29) is 5.97 Å². The SMILES string of the molecule is Cc1ccc(C(=O)Oc2ccc(C=Nc3ccc(N(C)C)cc3)cc2)cc1. The van der Waals surface area contributed by atoms with Crippen LogP contribution in [0.5, 0.6) is 5.75 Å². The van der Waals surface area contributed by atoms with E-state index in [1.54, 1.807) is 30.5 Å². The first-order chi connectivity index (χ1) is 13.0. The number of rotatable bonds is 5. The molecule has 4 heteroatoms. The van der Waals surface area contributed by atoms with Gasteiger partial charge in [-0.15, -0.1) is 0 Å². The predicted molar refractivity (Wildman–Crippen MR) is 111 cm³/mol. The van der Waals surface area contributed by atoms with Gasteiger partial charge < -0.3 is 9.64 Å². The van der Waals surface area contributed by atoms with Gasteiger partial charge in [0.2, 0.25) is 0 Å². The number of nitrogens with zero attached hydrogens (tertiary/aromatic N) is 2. The van der Waals surface area contributed by atoms with Gasteiger partial charge in [-0.05, 0) is 73.2 Å². The average molecular weight is 358 g/mol. The lowest BCUT2D eigenvalue weighted by Crippen LogP contribution is -2.08. The Balaban J connectivity index is 1.62. The van der Waals surface area contributed by atoms with Crippen LogP contribution in [0, 0.1) is 6.92 Å². The molecule has 0 aromatic heterocycles. The highest BCUT2D eigenvalue weighted by Crippen LogP contribution is 2.19. The Morgan fingerprint density at radius 2 is 1.52 bits per heavy atom. The second-order valence-corrected chi connectivity index (χ2v) is 6.49. The fourth-order valence-corrected chi connectivity index (χ4v) is 2.46. The van der Waals surface area contributed by atoms with Crippen LogP contribution in [-0.4, -0.2) is 26.3 Å². The predicted octanol–water partition coefficient (Wildman–Crippen LogP) is 5.03. The summed E-state index contributed by atoms with van der Waals surface area (Å²) < 4.78 is 5.41. The van der Waals surface area contributed by atoms with E-state index in [0.717, 1.165) is 22.5 Å². The Hall–Kier alpha value is -3.40. The molecule has 0 atom stereocenters. The molecule has 4 nitrogen and oxygen atoms in total. The number of benzene rings is 3. The summed E-state index contributed by atoms with van der Waals surface area (Å²) in [6.07, 6.45) is 1.79. The average Bonchev–Trinajstić information content (AvgIpc) is 2.68. The summed E-state index contributed by atoms with van der Waals surface area (Å²) >= 11 is 0. The molecule has 0 radical (unpaired) electrons. The first-order valence-electron chi connectivity index (χ1n) is 8.71. The van der Waals surface area contributed by atoms with Gasteiger partial charge in [-0.3, -0.25) is 4.99 Å². The van der Waals surface area contributed by atoms with Gasteiger partial charge in [-0.1, -0.05) is 17.7 Å². The number of aliphatic imine (C=N–C) groups is 1. The molecule has 3 aromatic rings. The molecule has 27 heavy (non-hydrogen) atoms. The summed E-state index contributed by atoms with van der Waals surface area (Å²) in [6, 6.07) is 22.6. The van der Waals surface area contributed by atoms with Crippen molar-refractivity contribution in [3.63, 3.8) is 0 Å². The van der Waals surface area contributed by atoms with Crippen molar-refractivity contribution in [2.75, 3.05) is 19.0 Å². The molecule has 0 aliphatic carbocycles. The second-order valence-electron chi connectivity index (χ2n) is 6.49. The number of anilines is 1. The topological polar surface area (TPSA) is 41.9 Å². The number of carbonyl (C=O) groups excluding carboxylic acids is 1. The lowest BCUT2D eigenvalue weighted by molar-refractivity contribution is 0.0735. The molecule has 0 aliphatic heterocycles. The minimum atomic E-state index is -0.364. The van der Waals surface area contributed by atoms with E-state index in [2.05, 4.69) is 4.99 Å². The van der Waals surface area contributed by atoms with Crippen LogP contribution in [0.2, 0.25) is 0 Å². The van der Waals surface area contributed by atoms with Crippen molar-refractivity contribution in [1.82, 2.24) is 0 Å². The molecular formula is C23H22N2O2. The standard InChI is InChI=1S/C23H22N2O2/c1-17-4-8-19(9-5-17)23(26)27-22-14-6-18(7-15-22)16-24-20-10-12-21(13-11-20)25(2)3/h4-16H,1-3H3. The summed E-state index contributed by atoms with van der Waals surface area (Å²) in [4.78, 5) is 18.7. The highest BCUT2D eigenvalue weighted by Gasteiger charge is 2.07. The number of carbonyl (C=O) groups is 1. The zero-order valence-corrected chi connectivity index (χ0v) is 15.7. The number of hydrogen-bond acceptors (Lipinski definition) is 4. The van der Waals surface area contributed by atoms with Crippen LogP contribution >= 0.6 is 0 Å². The molecule has 0 fully saturated rings. The molecule has 0 spiro atoms. The number of hydrogen-bond donors (Lipinski definition) is 0. The maximum atomic E-state index is 12.1. The van der Waals surface area contributed by atoms with Gasteiger partial charge in [-0.2, -0.15) is 0 Å². The third-order valence-electron chi connectivity index (χ3n) is 4.11. The van der Waals surface area contributed by atoms with Crippen LogP contribution in [0.4, 0.5) is 11.4 Å². The minimum absolute atomic E-state index is 0.364. The van der Waals surface area contributed by atoms with Crippen molar-refractivity contribution in [3.8, 4) is 5.75 Å². The zero-order chi connectivity index (χ0) is 19.2. The lowest BCUT2D eigenvalue weighted by atomic mass is 10.1. The Morgan fingerprint density at radius 1 is 0.889 bits per heavy atom. The summed E-state index contributed by atoms with van der Waals surface area (Å²) in [7, 11) is 4.01. The smallest absolute Gasteiger partial charge is 0.343 e. The first kappa shape index (κ1) is 18.4. The van der Waals surface area contributed by atoms with Crippen LogP contribution in [-0.2, 0) is 0 Å². The Kier molecular flexibility index (Phi) is 5.67. The van der Waals surface area contributed by atoms with Gasteiger partial charge in [0.1, 0.15) is 5.75 Å². The molecule has 0 N–H and O–H groups in total. The molecule has 3 aromatic carbocycles. The fraction of sp³-hybridized carbons (Fsp3) is 0.130. The summed E-state index contributed by atoms with van der Waals surface area (Å²) in [5.41, 5.74) is 4.59. The van der Waals surface area contributed by atoms with Crippen LogP contribution in [0.15, 0.2) is 77.8 Å².